The van der Waals surface area contributed by atoms with Crippen molar-refractivity contribution in [3.63, 3.8) is 0 Å². The zero-order valence-electron chi connectivity index (χ0n) is 9.91. The Labute approximate surface area is 114 Å². The lowest BCUT2D eigenvalue weighted by Crippen LogP contribution is -2.30. The number of halogens is 1. The smallest absolute Gasteiger partial charge is 0.261 e. The predicted molar refractivity (Wildman–Crippen MR) is 74.6 cm³/mol. The van der Waals surface area contributed by atoms with E-state index in [0.29, 0.717) is 5.92 Å². The van der Waals surface area contributed by atoms with Crippen LogP contribution in [0.5, 0.6) is 0 Å². The first kappa shape index (κ1) is 13.1. The van der Waals surface area contributed by atoms with Gasteiger partial charge in [0.05, 0.1) is 8.66 Å². The van der Waals surface area contributed by atoms with Crippen molar-refractivity contribution in [2.45, 2.75) is 13.3 Å². The van der Waals surface area contributed by atoms with Gasteiger partial charge in [0.1, 0.15) is 0 Å². The summed E-state index contributed by atoms with van der Waals surface area (Å²) in [6, 6.07) is 3.77. The molecule has 0 radical (unpaired) electrons. The van der Waals surface area contributed by atoms with Gasteiger partial charge in [-0.3, -0.25) is 4.79 Å². The molecule has 1 aromatic heterocycles. The van der Waals surface area contributed by atoms with E-state index in [0.717, 1.165) is 28.3 Å². The predicted octanol–water partition coefficient (Wildman–Crippen LogP) is 2.58. The first-order chi connectivity index (χ1) is 8.19. The number of amides is 1. The average molecular weight is 317 g/mol. The van der Waals surface area contributed by atoms with Crippen LogP contribution in [-0.2, 0) is 0 Å². The fraction of sp³-hybridized carbons (Fsp3) is 0.583. The lowest BCUT2D eigenvalue weighted by atomic mass is 10.1. The molecule has 3 nitrogen and oxygen atoms in total. The van der Waals surface area contributed by atoms with E-state index in [1.165, 1.54) is 24.3 Å². The number of carbonyl (C=O) groups is 1. The van der Waals surface area contributed by atoms with Gasteiger partial charge in [0, 0.05) is 13.1 Å². The largest absolute Gasteiger partial charge is 0.351 e. The van der Waals surface area contributed by atoms with Gasteiger partial charge >= 0.3 is 0 Å². The van der Waals surface area contributed by atoms with E-state index in [4.69, 9.17) is 0 Å². The molecule has 1 N–H and O–H groups in total. The summed E-state index contributed by atoms with van der Waals surface area (Å²) >= 11 is 4.84. The molecule has 1 aromatic rings. The van der Waals surface area contributed by atoms with Gasteiger partial charge in [-0.05, 0) is 53.5 Å². The molecule has 1 atom stereocenters. The Morgan fingerprint density at radius 2 is 2.47 bits per heavy atom. The van der Waals surface area contributed by atoms with Crippen molar-refractivity contribution in [3.8, 4) is 0 Å². The molecule has 1 amide bonds. The van der Waals surface area contributed by atoms with Gasteiger partial charge in [-0.15, -0.1) is 11.3 Å². The maximum absolute atomic E-state index is 11.8. The highest BCUT2D eigenvalue weighted by Gasteiger charge is 2.21. The molecule has 2 heterocycles. The monoisotopic (exact) mass is 316 g/mol. The van der Waals surface area contributed by atoms with Crippen molar-refractivity contribution in [3.05, 3.63) is 20.8 Å². The van der Waals surface area contributed by atoms with E-state index in [9.17, 15) is 4.79 Å². The summed E-state index contributed by atoms with van der Waals surface area (Å²) in [6.07, 6.45) is 1.20. The first-order valence-electron chi connectivity index (χ1n) is 5.95. The molecule has 94 valence electrons. The number of carbonyl (C=O) groups excluding carboxylic acids is 1. The van der Waals surface area contributed by atoms with Gasteiger partial charge < -0.3 is 10.2 Å². The molecular formula is C12H17BrN2OS. The summed E-state index contributed by atoms with van der Waals surface area (Å²) in [4.78, 5) is 15.0. The lowest BCUT2D eigenvalue weighted by Gasteiger charge is -2.13. The van der Waals surface area contributed by atoms with Gasteiger partial charge in [-0.2, -0.15) is 0 Å². The molecule has 0 bridgehead atoms. The number of rotatable bonds is 4. The van der Waals surface area contributed by atoms with E-state index in [-0.39, 0.29) is 5.91 Å². The standard InChI is InChI=1S/C12H17BrN2OS/c1-2-15-6-5-9(8-15)7-14-12(16)10-3-4-11(13)17-10/h3-4,9H,2,5-8H2,1H3,(H,14,16). The van der Waals surface area contributed by atoms with Gasteiger partial charge in [0.2, 0.25) is 0 Å². The number of nitrogens with one attached hydrogen (secondary N) is 1. The van der Waals surface area contributed by atoms with E-state index >= 15 is 0 Å². The zero-order chi connectivity index (χ0) is 12.3. The van der Waals surface area contributed by atoms with Crippen LogP contribution in [0.1, 0.15) is 23.0 Å². The number of hydrogen-bond donors (Lipinski definition) is 1. The van der Waals surface area contributed by atoms with Gasteiger partial charge in [-0.1, -0.05) is 6.92 Å². The molecule has 0 saturated carbocycles. The minimum absolute atomic E-state index is 0.0515. The summed E-state index contributed by atoms with van der Waals surface area (Å²) in [7, 11) is 0. The van der Waals surface area contributed by atoms with Crippen molar-refractivity contribution in [1.29, 1.82) is 0 Å². The Morgan fingerprint density at radius 1 is 1.65 bits per heavy atom. The summed E-state index contributed by atoms with van der Waals surface area (Å²) in [6.45, 7) is 6.38. The van der Waals surface area contributed by atoms with Crippen molar-refractivity contribution < 1.29 is 4.79 Å². The Balaban J connectivity index is 1.77. The zero-order valence-corrected chi connectivity index (χ0v) is 12.3. The molecule has 5 heteroatoms. The van der Waals surface area contributed by atoms with Crippen LogP contribution in [0.4, 0.5) is 0 Å². The highest BCUT2D eigenvalue weighted by molar-refractivity contribution is 9.11. The number of hydrogen-bond acceptors (Lipinski definition) is 3. The van der Waals surface area contributed by atoms with Crippen LogP contribution in [0.15, 0.2) is 15.9 Å². The molecule has 1 unspecified atom stereocenters. The maximum atomic E-state index is 11.8. The Morgan fingerprint density at radius 3 is 3.06 bits per heavy atom. The van der Waals surface area contributed by atoms with Crippen molar-refractivity contribution in [2.24, 2.45) is 5.92 Å². The Kier molecular flexibility index (Phi) is 4.59. The highest BCUT2D eigenvalue weighted by Crippen LogP contribution is 2.22. The third-order valence-corrected chi connectivity index (χ3v) is 4.79. The second-order valence-corrected chi connectivity index (χ2v) is 6.82. The third-order valence-electron chi connectivity index (χ3n) is 3.17. The van der Waals surface area contributed by atoms with Crippen LogP contribution in [0.3, 0.4) is 0 Å². The molecular weight excluding hydrogens is 300 g/mol. The second kappa shape index (κ2) is 5.98. The van der Waals surface area contributed by atoms with Crippen LogP contribution in [0, 0.1) is 5.92 Å². The molecule has 1 saturated heterocycles. The molecule has 0 aromatic carbocycles. The van der Waals surface area contributed by atoms with E-state index in [1.54, 1.807) is 0 Å². The normalized spacial score (nSPS) is 20.7. The minimum atomic E-state index is 0.0515. The fourth-order valence-corrected chi connectivity index (χ4v) is 3.43. The highest BCUT2D eigenvalue weighted by atomic mass is 79.9. The maximum Gasteiger partial charge on any atom is 0.261 e. The summed E-state index contributed by atoms with van der Waals surface area (Å²) in [5.41, 5.74) is 0. The van der Waals surface area contributed by atoms with Crippen LogP contribution >= 0.6 is 27.3 Å². The van der Waals surface area contributed by atoms with E-state index in [1.807, 2.05) is 12.1 Å². The van der Waals surface area contributed by atoms with E-state index < -0.39 is 0 Å². The quantitative estimate of drug-likeness (QED) is 0.926. The summed E-state index contributed by atoms with van der Waals surface area (Å²) in [5.74, 6) is 0.665. The van der Waals surface area contributed by atoms with E-state index in [2.05, 4.69) is 33.1 Å². The fourth-order valence-electron chi connectivity index (χ4n) is 2.13. The number of likely N-dealkylation sites (tertiary alicyclic amines) is 1. The Hall–Kier alpha value is -0.390. The van der Waals surface area contributed by atoms with Crippen molar-refractivity contribution >= 4 is 33.2 Å². The molecule has 1 aliphatic heterocycles. The SMILES string of the molecule is CCN1CCC(CNC(=O)c2ccc(Br)s2)C1. The number of thiophene rings is 1. The van der Waals surface area contributed by atoms with Gasteiger partial charge in [0.15, 0.2) is 0 Å². The minimum Gasteiger partial charge on any atom is -0.351 e. The van der Waals surface area contributed by atoms with Crippen LogP contribution in [0.2, 0.25) is 0 Å². The summed E-state index contributed by atoms with van der Waals surface area (Å²) < 4.78 is 1.00. The van der Waals surface area contributed by atoms with Crippen LogP contribution in [-0.4, -0.2) is 37.0 Å². The Bertz CT molecular complexity index is 394. The van der Waals surface area contributed by atoms with Crippen molar-refractivity contribution in [2.75, 3.05) is 26.2 Å². The molecule has 0 spiro atoms. The number of nitrogens with zero attached hydrogens (tertiary/aromatic N) is 1. The lowest BCUT2D eigenvalue weighted by molar-refractivity contribution is 0.0951. The average Bonchev–Trinajstić information content (AvgIpc) is 2.94. The topological polar surface area (TPSA) is 32.3 Å². The molecule has 0 aliphatic carbocycles. The van der Waals surface area contributed by atoms with Crippen molar-refractivity contribution in [1.82, 2.24) is 10.2 Å². The molecule has 1 aliphatic rings. The third kappa shape index (κ3) is 3.53. The molecule has 17 heavy (non-hydrogen) atoms. The van der Waals surface area contributed by atoms with Gasteiger partial charge in [0.25, 0.3) is 5.91 Å². The van der Waals surface area contributed by atoms with Gasteiger partial charge in [-0.25, -0.2) is 0 Å². The van der Waals surface area contributed by atoms with Crippen LogP contribution in [0.25, 0.3) is 0 Å². The second-order valence-electron chi connectivity index (χ2n) is 4.36. The molecule has 2 rings (SSSR count). The van der Waals surface area contributed by atoms with Crippen LogP contribution < -0.4 is 5.32 Å². The summed E-state index contributed by atoms with van der Waals surface area (Å²) in [5, 5.41) is 3.02. The first-order valence-corrected chi connectivity index (χ1v) is 7.56. The molecule has 1 fully saturated rings.